The van der Waals surface area contributed by atoms with E-state index in [1.165, 1.54) is 0 Å². The molecular weight excluding hydrogens is 462 g/mol. The van der Waals surface area contributed by atoms with Crippen molar-refractivity contribution in [3.05, 3.63) is 83.0 Å². The molecule has 1 amide bonds. The summed E-state index contributed by atoms with van der Waals surface area (Å²) < 4.78 is 5.45. The lowest BCUT2D eigenvalue weighted by Crippen LogP contribution is -2.35. The summed E-state index contributed by atoms with van der Waals surface area (Å²) in [4.78, 5) is 25.3. The van der Waals surface area contributed by atoms with Gasteiger partial charge >= 0.3 is 0 Å². The average Bonchev–Trinajstić information content (AvgIpc) is 3.76. The molecule has 1 saturated carbocycles. The van der Waals surface area contributed by atoms with Crippen LogP contribution in [0.1, 0.15) is 45.9 Å². The first-order valence-corrected chi connectivity index (χ1v) is 12.9. The van der Waals surface area contributed by atoms with E-state index < -0.39 is 0 Å². The number of morpholine rings is 1. The minimum atomic E-state index is -0.228. The van der Waals surface area contributed by atoms with Crippen LogP contribution >= 0.6 is 0 Å². The molecule has 0 atom stereocenters. The van der Waals surface area contributed by atoms with Crippen molar-refractivity contribution < 1.29 is 9.53 Å². The average molecular weight is 494 g/mol. The molecule has 1 aliphatic heterocycles. The fourth-order valence-electron chi connectivity index (χ4n) is 4.92. The van der Waals surface area contributed by atoms with Crippen molar-refractivity contribution >= 4 is 28.2 Å². The Morgan fingerprint density at radius 3 is 2.65 bits per heavy atom. The number of anilines is 2. The van der Waals surface area contributed by atoms with Gasteiger partial charge in [-0.25, -0.2) is 9.97 Å². The Bertz CT molecular complexity index is 1470. The van der Waals surface area contributed by atoms with Crippen molar-refractivity contribution in [3.8, 4) is 11.4 Å². The van der Waals surface area contributed by atoms with Crippen LogP contribution in [0.2, 0.25) is 0 Å². The number of carbonyl (C=O) groups is 1. The highest BCUT2D eigenvalue weighted by Crippen LogP contribution is 2.42. The first-order chi connectivity index (χ1) is 18.0. The highest BCUT2D eigenvalue weighted by atomic mass is 16.5. The quantitative estimate of drug-likeness (QED) is 0.361. The third-order valence-electron chi connectivity index (χ3n) is 7.21. The summed E-state index contributed by atoms with van der Waals surface area (Å²) in [6.45, 7) is 6.18. The number of fused-ring (bicyclic) bond motifs is 1. The van der Waals surface area contributed by atoms with Gasteiger partial charge in [0.2, 0.25) is 0 Å². The van der Waals surface area contributed by atoms with Crippen LogP contribution in [0.15, 0.2) is 60.7 Å². The van der Waals surface area contributed by atoms with Gasteiger partial charge in [0.15, 0.2) is 5.82 Å². The number of ether oxygens (including phenoxy) is 1. The predicted octanol–water partition coefficient (Wildman–Crippen LogP) is 5.15. The Labute approximate surface area is 216 Å². The molecule has 2 aliphatic rings. The molecule has 0 bridgehead atoms. The summed E-state index contributed by atoms with van der Waals surface area (Å²) in [5.74, 6) is 0.913. The monoisotopic (exact) mass is 493 g/mol. The first-order valence-electron chi connectivity index (χ1n) is 12.9. The number of para-hydroxylation sites is 1. The molecular formula is C30H31N5O2. The number of carbonyl (C=O) groups excluding carboxylic acids is 1. The summed E-state index contributed by atoms with van der Waals surface area (Å²) >= 11 is 0. The van der Waals surface area contributed by atoms with Crippen molar-refractivity contribution in [3.63, 3.8) is 0 Å². The molecule has 37 heavy (non-hydrogen) atoms. The molecule has 3 N–H and O–H groups in total. The van der Waals surface area contributed by atoms with Crippen LogP contribution in [-0.4, -0.2) is 47.1 Å². The largest absolute Gasteiger partial charge is 0.398 e. The third-order valence-corrected chi connectivity index (χ3v) is 7.21. The van der Waals surface area contributed by atoms with E-state index in [0.29, 0.717) is 23.0 Å². The SMILES string of the molecule is Cc1ccc(CN2CCOCC2)cc1NC(=O)c1ccc(-c2nc(C3CC3)c3ccccc3n2)cc1N. The lowest BCUT2D eigenvalue weighted by atomic mass is 10.1. The van der Waals surface area contributed by atoms with Gasteiger partial charge in [0.1, 0.15) is 0 Å². The molecule has 188 valence electrons. The molecule has 2 fully saturated rings. The van der Waals surface area contributed by atoms with Gasteiger partial charge in [-0.2, -0.15) is 0 Å². The lowest BCUT2D eigenvalue weighted by Gasteiger charge is -2.26. The molecule has 0 unspecified atom stereocenters. The predicted molar refractivity (Wildman–Crippen MR) is 147 cm³/mol. The number of nitrogens with zero attached hydrogens (tertiary/aromatic N) is 3. The first kappa shape index (κ1) is 23.6. The van der Waals surface area contributed by atoms with Crippen molar-refractivity contribution in [1.82, 2.24) is 14.9 Å². The van der Waals surface area contributed by atoms with Gasteiger partial charge in [0.05, 0.1) is 30.0 Å². The number of nitrogens with one attached hydrogen (secondary N) is 1. The standard InChI is InChI=1S/C30H31N5O2/c1-19-6-7-20(18-35-12-14-37-15-13-35)16-27(19)33-30(36)23-11-10-22(17-25(23)31)29-32-26-5-3-2-4-24(26)28(34-29)21-8-9-21/h2-7,10-11,16-17,21H,8-9,12-15,18,31H2,1H3,(H,33,36). The maximum absolute atomic E-state index is 13.2. The Morgan fingerprint density at radius 2 is 1.86 bits per heavy atom. The van der Waals surface area contributed by atoms with Gasteiger partial charge in [-0.05, 0) is 55.2 Å². The van der Waals surface area contributed by atoms with Crippen LogP contribution in [-0.2, 0) is 11.3 Å². The summed E-state index contributed by atoms with van der Waals surface area (Å²) in [6.07, 6.45) is 2.32. The fourth-order valence-corrected chi connectivity index (χ4v) is 4.92. The van der Waals surface area contributed by atoms with Gasteiger partial charge < -0.3 is 15.8 Å². The fraction of sp³-hybridized carbons (Fsp3) is 0.300. The van der Waals surface area contributed by atoms with E-state index in [4.69, 9.17) is 20.4 Å². The Balaban J connectivity index is 1.23. The van der Waals surface area contributed by atoms with Gasteiger partial charge in [-0.3, -0.25) is 9.69 Å². The minimum Gasteiger partial charge on any atom is -0.398 e. The van der Waals surface area contributed by atoms with Crippen LogP contribution in [0, 0.1) is 6.92 Å². The number of hydrogen-bond donors (Lipinski definition) is 2. The number of hydrogen-bond acceptors (Lipinski definition) is 6. The molecule has 1 aromatic heterocycles. The highest BCUT2D eigenvalue weighted by Gasteiger charge is 2.28. The van der Waals surface area contributed by atoms with E-state index in [1.807, 2.05) is 37.3 Å². The summed E-state index contributed by atoms with van der Waals surface area (Å²) in [5, 5.41) is 4.18. The second kappa shape index (κ2) is 9.92. The van der Waals surface area contributed by atoms with Crippen molar-refractivity contribution in [2.24, 2.45) is 0 Å². The summed E-state index contributed by atoms with van der Waals surface area (Å²) in [6, 6.07) is 19.8. The smallest absolute Gasteiger partial charge is 0.257 e. The van der Waals surface area contributed by atoms with Gasteiger partial charge in [-0.15, -0.1) is 0 Å². The van der Waals surface area contributed by atoms with Crippen LogP contribution < -0.4 is 11.1 Å². The molecule has 6 rings (SSSR count). The van der Waals surface area contributed by atoms with E-state index in [0.717, 1.165) is 84.7 Å². The maximum atomic E-state index is 13.2. The van der Waals surface area contributed by atoms with E-state index >= 15 is 0 Å². The molecule has 1 saturated heterocycles. The van der Waals surface area contributed by atoms with Crippen molar-refractivity contribution in [2.45, 2.75) is 32.2 Å². The summed E-state index contributed by atoms with van der Waals surface area (Å²) in [7, 11) is 0. The van der Waals surface area contributed by atoms with Crippen molar-refractivity contribution in [1.29, 1.82) is 0 Å². The molecule has 2 heterocycles. The van der Waals surface area contributed by atoms with Gasteiger partial charge in [0.25, 0.3) is 5.91 Å². The molecule has 1 aliphatic carbocycles. The Kier molecular flexibility index (Phi) is 6.32. The molecule has 3 aromatic carbocycles. The number of nitrogens with two attached hydrogens (primary N) is 1. The molecule has 7 nitrogen and oxygen atoms in total. The topological polar surface area (TPSA) is 93.4 Å². The maximum Gasteiger partial charge on any atom is 0.257 e. The normalized spacial score (nSPS) is 16.1. The highest BCUT2D eigenvalue weighted by molar-refractivity contribution is 6.08. The van der Waals surface area contributed by atoms with E-state index in [2.05, 4.69) is 28.4 Å². The zero-order valence-electron chi connectivity index (χ0n) is 21.0. The molecule has 0 spiro atoms. The van der Waals surface area contributed by atoms with Gasteiger partial charge in [-0.1, -0.05) is 36.4 Å². The number of benzene rings is 3. The lowest BCUT2D eigenvalue weighted by molar-refractivity contribution is 0.0342. The second-order valence-corrected chi connectivity index (χ2v) is 10.0. The third kappa shape index (κ3) is 5.05. The van der Waals surface area contributed by atoms with Crippen LogP contribution in [0.5, 0.6) is 0 Å². The van der Waals surface area contributed by atoms with Crippen LogP contribution in [0.25, 0.3) is 22.3 Å². The number of aryl methyl sites for hydroxylation is 1. The second-order valence-electron chi connectivity index (χ2n) is 10.0. The zero-order valence-corrected chi connectivity index (χ0v) is 21.0. The van der Waals surface area contributed by atoms with E-state index in [-0.39, 0.29) is 5.91 Å². The van der Waals surface area contributed by atoms with E-state index in [9.17, 15) is 4.79 Å². The number of amides is 1. The van der Waals surface area contributed by atoms with Gasteiger partial charge in [0, 0.05) is 47.9 Å². The number of nitrogen functional groups attached to an aromatic ring is 1. The summed E-state index contributed by atoms with van der Waals surface area (Å²) in [5.41, 5.74) is 13.0. The van der Waals surface area contributed by atoms with Crippen molar-refractivity contribution in [2.75, 3.05) is 37.4 Å². The Morgan fingerprint density at radius 1 is 1.05 bits per heavy atom. The molecule has 7 heteroatoms. The number of rotatable bonds is 6. The Hall–Kier alpha value is -3.81. The number of aromatic nitrogens is 2. The molecule has 4 aromatic rings. The van der Waals surface area contributed by atoms with Crippen LogP contribution in [0.4, 0.5) is 11.4 Å². The van der Waals surface area contributed by atoms with Crippen LogP contribution in [0.3, 0.4) is 0 Å². The zero-order chi connectivity index (χ0) is 25.4. The molecule has 0 radical (unpaired) electrons. The van der Waals surface area contributed by atoms with E-state index in [1.54, 1.807) is 12.1 Å². The minimum absolute atomic E-state index is 0.228.